The van der Waals surface area contributed by atoms with Crippen LogP contribution < -0.4 is 5.32 Å². The van der Waals surface area contributed by atoms with Crippen molar-refractivity contribution in [2.45, 2.75) is 32.7 Å². The molecule has 1 unspecified atom stereocenters. The topological polar surface area (TPSA) is 12.0 Å². The highest BCUT2D eigenvalue weighted by atomic mass is 14.9. The smallest absolute Gasteiger partial charge is 0.0542 e. The minimum absolute atomic E-state index is 0.461. The molecule has 1 heteroatoms. The summed E-state index contributed by atoms with van der Waals surface area (Å²) in [5, 5.41) is 3.70. The van der Waals surface area contributed by atoms with E-state index < -0.39 is 0 Å². The first-order valence-corrected chi connectivity index (χ1v) is 7.12. The fourth-order valence-electron chi connectivity index (χ4n) is 2.51. The van der Waals surface area contributed by atoms with Crippen molar-refractivity contribution in [1.29, 1.82) is 0 Å². The summed E-state index contributed by atoms with van der Waals surface area (Å²) < 4.78 is 0. The normalized spacial score (nSPS) is 16.1. The lowest BCUT2D eigenvalue weighted by Crippen LogP contribution is -2.12. The van der Waals surface area contributed by atoms with Crippen LogP contribution in [0.4, 0.5) is 5.69 Å². The van der Waals surface area contributed by atoms with Crippen LogP contribution in [0.3, 0.4) is 0 Å². The Hall–Kier alpha value is -1.76. The molecule has 0 radical (unpaired) electrons. The van der Waals surface area contributed by atoms with Gasteiger partial charge in [-0.2, -0.15) is 0 Å². The number of rotatable bonds is 4. The molecule has 0 amide bonds. The predicted octanol–water partition coefficient (Wildman–Crippen LogP) is 4.87. The van der Waals surface area contributed by atoms with Crippen molar-refractivity contribution in [2.24, 2.45) is 5.92 Å². The third-order valence-electron chi connectivity index (χ3n) is 3.90. The number of anilines is 1. The van der Waals surface area contributed by atoms with E-state index in [2.05, 4.69) is 67.7 Å². The van der Waals surface area contributed by atoms with Crippen LogP contribution in [0, 0.1) is 19.8 Å². The first-order chi connectivity index (χ1) is 9.22. The van der Waals surface area contributed by atoms with Crippen molar-refractivity contribution in [3.8, 4) is 0 Å². The van der Waals surface area contributed by atoms with Gasteiger partial charge in [0.05, 0.1) is 6.04 Å². The van der Waals surface area contributed by atoms with E-state index in [9.17, 15) is 0 Å². The zero-order valence-corrected chi connectivity index (χ0v) is 11.7. The second kappa shape index (κ2) is 5.08. The monoisotopic (exact) mass is 251 g/mol. The van der Waals surface area contributed by atoms with E-state index in [1.54, 1.807) is 0 Å². The van der Waals surface area contributed by atoms with Crippen LogP contribution in [0.5, 0.6) is 0 Å². The first kappa shape index (κ1) is 12.3. The van der Waals surface area contributed by atoms with Crippen molar-refractivity contribution in [1.82, 2.24) is 0 Å². The van der Waals surface area contributed by atoms with E-state index in [1.165, 1.54) is 35.2 Å². The molecule has 1 aliphatic rings. The SMILES string of the molecule is Cc1ccc(NC(c2ccc(C)cc2)C2CC2)cc1. The largest absolute Gasteiger partial charge is 0.378 e. The lowest BCUT2D eigenvalue weighted by Gasteiger charge is -2.20. The van der Waals surface area contributed by atoms with Gasteiger partial charge in [0.1, 0.15) is 0 Å². The minimum Gasteiger partial charge on any atom is -0.378 e. The van der Waals surface area contributed by atoms with Crippen LogP contribution in [-0.4, -0.2) is 0 Å². The van der Waals surface area contributed by atoms with Gasteiger partial charge in [0.25, 0.3) is 0 Å². The maximum atomic E-state index is 3.70. The Morgan fingerprint density at radius 3 is 1.89 bits per heavy atom. The maximum absolute atomic E-state index is 3.70. The van der Waals surface area contributed by atoms with Gasteiger partial charge in [0.15, 0.2) is 0 Å². The lowest BCUT2D eigenvalue weighted by atomic mass is 10.0. The molecule has 1 N–H and O–H groups in total. The molecule has 1 fully saturated rings. The van der Waals surface area contributed by atoms with Gasteiger partial charge in [-0.25, -0.2) is 0 Å². The van der Waals surface area contributed by atoms with Crippen LogP contribution in [-0.2, 0) is 0 Å². The van der Waals surface area contributed by atoms with Crippen molar-refractivity contribution in [3.05, 3.63) is 65.2 Å². The molecule has 0 bridgehead atoms. The Morgan fingerprint density at radius 1 is 0.842 bits per heavy atom. The average molecular weight is 251 g/mol. The van der Waals surface area contributed by atoms with Crippen molar-refractivity contribution in [3.63, 3.8) is 0 Å². The summed E-state index contributed by atoms with van der Waals surface area (Å²) in [6.45, 7) is 4.27. The molecule has 19 heavy (non-hydrogen) atoms. The van der Waals surface area contributed by atoms with Crippen LogP contribution in [0.1, 0.15) is 35.6 Å². The number of benzene rings is 2. The average Bonchev–Trinajstić information content (AvgIpc) is 3.24. The van der Waals surface area contributed by atoms with Crippen LogP contribution in [0.25, 0.3) is 0 Å². The number of aryl methyl sites for hydroxylation is 2. The third-order valence-corrected chi connectivity index (χ3v) is 3.90. The maximum Gasteiger partial charge on any atom is 0.0542 e. The summed E-state index contributed by atoms with van der Waals surface area (Å²) in [6.07, 6.45) is 2.69. The van der Waals surface area contributed by atoms with Gasteiger partial charge in [0.2, 0.25) is 0 Å². The second-order valence-electron chi connectivity index (χ2n) is 5.74. The summed E-state index contributed by atoms with van der Waals surface area (Å²) in [5.74, 6) is 0.795. The minimum atomic E-state index is 0.461. The molecule has 2 aromatic rings. The van der Waals surface area contributed by atoms with E-state index in [-0.39, 0.29) is 0 Å². The van der Waals surface area contributed by atoms with E-state index in [0.717, 1.165) is 5.92 Å². The van der Waals surface area contributed by atoms with E-state index >= 15 is 0 Å². The van der Waals surface area contributed by atoms with Gasteiger partial charge in [-0.1, -0.05) is 47.5 Å². The molecular weight excluding hydrogens is 230 g/mol. The molecule has 0 aliphatic heterocycles. The van der Waals surface area contributed by atoms with Gasteiger partial charge < -0.3 is 5.32 Å². The Balaban J connectivity index is 1.81. The molecule has 1 atom stereocenters. The molecule has 0 heterocycles. The van der Waals surface area contributed by atoms with Crippen molar-refractivity contribution < 1.29 is 0 Å². The molecule has 1 aliphatic carbocycles. The first-order valence-electron chi connectivity index (χ1n) is 7.12. The lowest BCUT2D eigenvalue weighted by molar-refractivity contribution is 0.679. The summed E-state index contributed by atoms with van der Waals surface area (Å²) in [5.41, 5.74) is 5.27. The predicted molar refractivity (Wildman–Crippen MR) is 81.4 cm³/mol. The molecule has 0 aromatic heterocycles. The summed E-state index contributed by atoms with van der Waals surface area (Å²) in [7, 11) is 0. The molecule has 98 valence electrons. The highest BCUT2D eigenvalue weighted by Crippen LogP contribution is 2.42. The summed E-state index contributed by atoms with van der Waals surface area (Å²) in [6, 6.07) is 18.1. The van der Waals surface area contributed by atoms with Crippen LogP contribution in [0.15, 0.2) is 48.5 Å². The summed E-state index contributed by atoms with van der Waals surface area (Å²) in [4.78, 5) is 0. The molecule has 3 rings (SSSR count). The zero-order chi connectivity index (χ0) is 13.2. The Bertz CT molecular complexity index is 535. The van der Waals surface area contributed by atoms with Gasteiger partial charge >= 0.3 is 0 Å². The van der Waals surface area contributed by atoms with Gasteiger partial charge in [0, 0.05) is 5.69 Å². The number of hydrogen-bond acceptors (Lipinski definition) is 1. The van der Waals surface area contributed by atoms with Crippen molar-refractivity contribution >= 4 is 5.69 Å². The Morgan fingerprint density at radius 2 is 1.37 bits per heavy atom. The highest BCUT2D eigenvalue weighted by Gasteiger charge is 2.32. The molecule has 0 spiro atoms. The third kappa shape index (κ3) is 2.98. The molecular formula is C18H21N. The molecule has 1 nitrogen and oxygen atoms in total. The van der Waals surface area contributed by atoms with Crippen LogP contribution in [0.2, 0.25) is 0 Å². The fraction of sp³-hybridized carbons (Fsp3) is 0.333. The highest BCUT2D eigenvalue weighted by molar-refractivity contribution is 5.47. The number of hydrogen-bond donors (Lipinski definition) is 1. The zero-order valence-electron chi connectivity index (χ0n) is 11.7. The molecule has 2 aromatic carbocycles. The van der Waals surface area contributed by atoms with E-state index in [1.807, 2.05) is 0 Å². The van der Waals surface area contributed by atoms with Gasteiger partial charge in [-0.15, -0.1) is 0 Å². The number of nitrogens with one attached hydrogen (secondary N) is 1. The van der Waals surface area contributed by atoms with Gasteiger partial charge in [-0.05, 0) is 50.3 Å². The Kier molecular flexibility index (Phi) is 3.29. The van der Waals surface area contributed by atoms with E-state index in [0.29, 0.717) is 6.04 Å². The second-order valence-corrected chi connectivity index (χ2v) is 5.74. The quantitative estimate of drug-likeness (QED) is 0.817. The van der Waals surface area contributed by atoms with Crippen LogP contribution >= 0.6 is 0 Å². The van der Waals surface area contributed by atoms with E-state index in [4.69, 9.17) is 0 Å². The molecule has 1 saturated carbocycles. The summed E-state index contributed by atoms with van der Waals surface area (Å²) >= 11 is 0. The Labute approximate surface area is 115 Å². The molecule has 0 saturated heterocycles. The van der Waals surface area contributed by atoms with Crippen molar-refractivity contribution in [2.75, 3.05) is 5.32 Å². The fourth-order valence-corrected chi connectivity index (χ4v) is 2.51. The van der Waals surface area contributed by atoms with Gasteiger partial charge in [-0.3, -0.25) is 0 Å². The standard InChI is InChI=1S/C18H21N/c1-13-3-7-15(8-4-13)18(16-9-10-16)19-17-11-5-14(2)6-12-17/h3-8,11-12,16,18-19H,9-10H2,1-2H3.